The summed E-state index contributed by atoms with van der Waals surface area (Å²) >= 11 is 0. The molecule has 0 spiro atoms. The number of nitrogens with one attached hydrogen (secondary N) is 1. The second-order valence-electron chi connectivity index (χ2n) is 3.66. The molecule has 0 aliphatic rings. The van der Waals surface area contributed by atoms with E-state index in [1.54, 1.807) is 27.8 Å². The maximum atomic E-state index is 12.5. The number of hydrogen-bond donors (Lipinski definition) is 1. The van der Waals surface area contributed by atoms with Gasteiger partial charge >= 0.3 is 7.60 Å². The summed E-state index contributed by atoms with van der Waals surface area (Å²) in [5, 5.41) is 2.84. The maximum absolute atomic E-state index is 12.5. The number of aryl methyl sites for hydroxylation is 1. The Hall–Kier alpha value is -0.840. The Labute approximate surface area is 100 Å². The number of rotatable bonds is 6. The molecule has 0 amide bonds. The first-order chi connectivity index (χ1) is 7.94. The van der Waals surface area contributed by atoms with Crippen molar-refractivity contribution in [3.8, 4) is 0 Å². The average molecular weight is 262 g/mol. The standard InChI is InChI=1S/C10H19N2O4P/c1-5-15-17(14,16-6-2)8(3)9-7-10(13)12(4)11-9/h7-8,11H,5-6H2,1-4H3. The second kappa shape index (κ2) is 5.67. The van der Waals surface area contributed by atoms with Crippen molar-refractivity contribution in [2.24, 2.45) is 7.05 Å². The Morgan fingerprint density at radius 3 is 2.29 bits per heavy atom. The van der Waals surface area contributed by atoms with Gasteiger partial charge in [-0.15, -0.1) is 0 Å². The van der Waals surface area contributed by atoms with Crippen LogP contribution in [-0.4, -0.2) is 23.0 Å². The fraction of sp³-hybridized carbons (Fsp3) is 0.700. The monoisotopic (exact) mass is 262 g/mol. The van der Waals surface area contributed by atoms with Gasteiger partial charge in [-0.1, -0.05) is 0 Å². The van der Waals surface area contributed by atoms with Crippen LogP contribution in [0.1, 0.15) is 32.1 Å². The van der Waals surface area contributed by atoms with Crippen LogP contribution in [0.3, 0.4) is 0 Å². The van der Waals surface area contributed by atoms with Crippen molar-refractivity contribution in [2.45, 2.75) is 26.4 Å². The molecule has 0 fully saturated rings. The highest BCUT2D eigenvalue weighted by atomic mass is 31.2. The van der Waals surface area contributed by atoms with Crippen LogP contribution >= 0.6 is 7.60 Å². The lowest BCUT2D eigenvalue weighted by Crippen LogP contribution is -2.10. The van der Waals surface area contributed by atoms with E-state index >= 15 is 0 Å². The van der Waals surface area contributed by atoms with Gasteiger partial charge in [-0.25, -0.2) is 0 Å². The first-order valence-electron chi connectivity index (χ1n) is 5.59. The molecule has 0 bridgehead atoms. The van der Waals surface area contributed by atoms with Crippen LogP contribution in [0, 0.1) is 0 Å². The largest absolute Gasteiger partial charge is 0.339 e. The third kappa shape index (κ3) is 3.09. The number of aromatic nitrogens is 2. The summed E-state index contributed by atoms with van der Waals surface area (Å²) in [5.74, 6) is 0. The summed E-state index contributed by atoms with van der Waals surface area (Å²) in [6, 6.07) is 1.41. The molecule has 0 radical (unpaired) electrons. The van der Waals surface area contributed by atoms with Gasteiger partial charge in [0, 0.05) is 13.1 Å². The fourth-order valence-corrected chi connectivity index (χ4v) is 3.23. The third-order valence-electron chi connectivity index (χ3n) is 2.45. The molecule has 6 nitrogen and oxygen atoms in total. The molecule has 1 aromatic rings. The molecular formula is C10H19N2O4P. The van der Waals surface area contributed by atoms with E-state index in [1.165, 1.54) is 10.7 Å². The fourth-order valence-electron chi connectivity index (χ4n) is 1.52. The highest BCUT2D eigenvalue weighted by Gasteiger charge is 2.34. The molecule has 0 aliphatic heterocycles. The predicted octanol–water partition coefficient (Wildman–Crippen LogP) is 2.04. The summed E-state index contributed by atoms with van der Waals surface area (Å²) in [6.07, 6.45) is 0. The van der Waals surface area contributed by atoms with Gasteiger partial charge in [-0.05, 0) is 20.8 Å². The van der Waals surface area contributed by atoms with E-state index in [-0.39, 0.29) is 5.56 Å². The highest BCUT2D eigenvalue weighted by Crippen LogP contribution is 2.60. The number of H-pyrrole nitrogens is 1. The maximum Gasteiger partial charge on any atom is 0.339 e. The average Bonchev–Trinajstić information content (AvgIpc) is 2.59. The molecular weight excluding hydrogens is 243 g/mol. The van der Waals surface area contributed by atoms with E-state index in [9.17, 15) is 9.36 Å². The van der Waals surface area contributed by atoms with Crippen LogP contribution in [0.2, 0.25) is 0 Å². The zero-order valence-corrected chi connectivity index (χ0v) is 11.5. The highest BCUT2D eigenvalue weighted by molar-refractivity contribution is 7.54. The molecule has 1 rings (SSSR count). The van der Waals surface area contributed by atoms with Crippen molar-refractivity contribution >= 4 is 7.60 Å². The predicted molar refractivity (Wildman–Crippen MR) is 65.3 cm³/mol. The topological polar surface area (TPSA) is 73.3 Å². The Kier molecular flexibility index (Phi) is 4.74. The molecule has 1 heterocycles. The lowest BCUT2D eigenvalue weighted by molar-refractivity contribution is 0.213. The second-order valence-corrected chi connectivity index (χ2v) is 6.03. The summed E-state index contributed by atoms with van der Waals surface area (Å²) in [6.45, 7) is 5.84. The van der Waals surface area contributed by atoms with Crippen molar-refractivity contribution < 1.29 is 13.6 Å². The van der Waals surface area contributed by atoms with Crippen molar-refractivity contribution in [3.05, 3.63) is 22.1 Å². The van der Waals surface area contributed by atoms with Gasteiger partial charge < -0.3 is 9.05 Å². The zero-order valence-electron chi connectivity index (χ0n) is 10.6. The van der Waals surface area contributed by atoms with Crippen LogP contribution in [0.25, 0.3) is 0 Å². The van der Waals surface area contributed by atoms with E-state index < -0.39 is 13.3 Å². The first-order valence-corrected chi connectivity index (χ1v) is 7.20. The minimum absolute atomic E-state index is 0.175. The molecule has 1 N–H and O–H groups in total. The van der Waals surface area contributed by atoms with Gasteiger partial charge in [-0.3, -0.25) is 19.1 Å². The van der Waals surface area contributed by atoms with Crippen molar-refractivity contribution in [2.75, 3.05) is 13.2 Å². The molecule has 0 saturated carbocycles. The van der Waals surface area contributed by atoms with Crippen molar-refractivity contribution in [1.29, 1.82) is 0 Å². The normalized spacial score (nSPS) is 13.9. The van der Waals surface area contributed by atoms with E-state index in [4.69, 9.17) is 9.05 Å². The Balaban J connectivity index is 3.03. The van der Waals surface area contributed by atoms with Crippen molar-refractivity contribution in [3.63, 3.8) is 0 Å². The SMILES string of the molecule is CCOP(=O)(OCC)C(C)c1cc(=O)n(C)[nH]1. The summed E-state index contributed by atoms with van der Waals surface area (Å²) < 4.78 is 24.3. The minimum Gasteiger partial charge on any atom is -0.308 e. The van der Waals surface area contributed by atoms with Crippen LogP contribution in [0.15, 0.2) is 10.9 Å². The lowest BCUT2D eigenvalue weighted by Gasteiger charge is -2.22. The minimum atomic E-state index is -3.22. The molecule has 17 heavy (non-hydrogen) atoms. The molecule has 0 saturated heterocycles. The molecule has 1 aromatic heterocycles. The van der Waals surface area contributed by atoms with Crippen LogP contribution < -0.4 is 5.56 Å². The van der Waals surface area contributed by atoms with Gasteiger partial charge in [0.15, 0.2) is 0 Å². The summed E-state index contributed by atoms with van der Waals surface area (Å²) in [4.78, 5) is 11.3. The van der Waals surface area contributed by atoms with Gasteiger partial charge in [0.25, 0.3) is 5.56 Å². The Morgan fingerprint density at radius 1 is 1.41 bits per heavy atom. The smallest absolute Gasteiger partial charge is 0.308 e. The van der Waals surface area contributed by atoms with E-state index in [0.717, 1.165) is 0 Å². The number of aromatic amines is 1. The molecule has 1 atom stereocenters. The van der Waals surface area contributed by atoms with Crippen LogP contribution in [0.4, 0.5) is 0 Å². The van der Waals surface area contributed by atoms with Gasteiger partial charge in [-0.2, -0.15) is 0 Å². The van der Waals surface area contributed by atoms with Gasteiger partial charge in [0.2, 0.25) is 0 Å². The zero-order chi connectivity index (χ0) is 13.1. The van der Waals surface area contributed by atoms with E-state index in [1.807, 2.05) is 0 Å². The molecule has 1 unspecified atom stereocenters. The first kappa shape index (κ1) is 14.2. The third-order valence-corrected chi connectivity index (χ3v) is 4.91. The van der Waals surface area contributed by atoms with E-state index in [0.29, 0.717) is 18.9 Å². The number of nitrogens with zero attached hydrogens (tertiary/aromatic N) is 1. The van der Waals surface area contributed by atoms with Crippen LogP contribution in [0.5, 0.6) is 0 Å². The summed E-state index contributed by atoms with van der Waals surface area (Å²) in [7, 11) is -1.62. The molecule has 7 heteroatoms. The number of hydrogen-bond acceptors (Lipinski definition) is 4. The quantitative estimate of drug-likeness (QED) is 0.796. The van der Waals surface area contributed by atoms with E-state index in [2.05, 4.69) is 5.10 Å². The van der Waals surface area contributed by atoms with Crippen LogP contribution in [-0.2, 0) is 20.7 Å². The Bertz CT molecular complexity index is 455. The molecule has 98 valence electrons. The molecule has 0 aromatic carbocycles. The van der Waals surface area contributed by atoms with Gasteiger partial charge in [0.1, 0.15) is 5.66 Å². The summed E-state index contributed by atoms with van der Waals surface area (Å²) in [5.41, 5.74) is -0.106. The van der Waals surface area contributed by atoms with Gasteiger partial charge in [0.05, 0.1) is 18.9 Å². The lowest BCUT2D eigenvalue weighted by atomic mass is 10.3. The molecule has 0 aliphatic carbocycles. The Morgan fingerprint density at radius 2 is 1.94 bits per heavy atom. The van der Waals surface area contributed by atoms with Crippen molar-refractivity contribution in [1.82, 2.24) is 9.78 Å².